The van der Waals surface area contributed by atoms with Crippen LogP contribution in [0.25, 0.3) is 11.0 Å². The van der Waals surface area contributed by atoms with Gasteiger partial charge in [-0.1, -0.05) is 29.8 Å². The number of hydrogen-bond acceptors (Lipinski definition) is 3. The van der Waals surface area contributed by atoms with Gasteiger partial charge in [0, 0.05) is 19.2 Å². The molecule has 1 N–H and O–H groups in total. The van der Waals surface area contributed by atoms with Crippen LogP contribution in [0, 0.1) is 13.8 Å². The van der Waals surface area contributed by atoms with Gasteiger partial charge in [-0.25, -0.2) is 9.78 Å². The number of benzene rings is 2. The summed E-state index contributed by atoms with van der Waals surface area (Å²) in [5.74, 6) is 0.896. The molecule has 0 aliphatic carbocycles. The molecule has 0 aliphatic heterocycles. The number of nitrogens with zero attached hydrogens (tertiary/aromatic N) is 2. The second kappa shape index (κ2) is 6.97. The van der Waals surface area contributed by atoms with Crippen molar-refractivity contribution >= 4 is 22.8 Å². The van der Waals surface area contributed by atoms with Gasteiger partial charge in [-0.2, -0.15) is 0 Å². The molecule has 5 nitrogen and oxygen atoms in total. The Morgan fingerprint density at radius 2 is 2.00 bits per heavy atom. The van der Waals surface area contributed by atoms with E-state index >= 15 is 0 Å². The van der Waals surface area contributed by atoms with Crippen molar-refractivity contribution in [1.82, 2.24) is 9.55 Å². The average molecular weight is 337 g/mol. The molecule has 0 fully saturated rings. The van der Waals surface area contributed by atoms with E-state index in [1.165, 1.54) is 0 Å². The largest absolute Gasteiger partial charge is 0.446 e. The van der Waals surface area contributed by atoms with Crippen LogP contribution in [0.1, 0.15) is 23.9 Å². The molecule has 0 radical (unpaired) electrons. The summed E-state index contributed by atoms with van der Waals surface area (Å²) in [5, 5.41) is 2.81. The summed E-state index contributed by atoms with van der Waals surface area (Å²) in [6, 6.07) is 13.9. The van der Waals surface area contributed by atoms with Gasteiger partial charge in [-0.05, 0) is 44.5 Å². The van der Waals surface area contributed by atoms with E-state index in [9.17, 15) is 4.79 Å². The van der Waals surface area contributed by atoms with E-state index in [1.54, 1.807) is 0 Å². The first-order valence-electron chi connectivity index (χ1n) is 8.39. The third-order valence-corrected chi connectivity index (χ3v) is 4.28. The number of aromatic nitrogens is 2. The number of hydrogen-bond donors (Lipinski definition) is 1. The fourth-order valence-electron chi connectivity index (χ4n) is 2.95. The van der Waals surface area contributed by atoms with Crippen LogP contribution >= 0.6 is 0 Å². The monoisotopic (exact) mass is 337 g/mol. The maximum Gasteiger partial charge on any atom is 0.411 e. The fraction of sp³-hybridized carbons (Fsp3) is 0.300. The van der Waals surface area contributed by atoms with Gasteiger partial charge in [0.05, 0.1) is 11.0 Å². The van der Waals surface area contributed by atoms with Gasteiger partial charge in [0.25, 0.3) is 0 Å². The molecule has 130 valence electrons. The molecule has 0 aliphatic rings. The molecule has 1 atom stereocenters. The Morgan fingerprint density at radius 3 is 2.72 bits per heavy atom. The number of imidazole rings is 1. The quantitative estimate of drug-likeness (QED) is 0.769. The highest BCUT2D eigenvalue weighted by molar-refractivity contribution is 5.85. The fourth-order valence-corrected chi connectivity index (χ4v) is 2.95. The van der Waals surface area contributed by atoms with Crippen molar-refractivity contribution in [3.63, 3.8) is 0 Å². The maximum atomic E-state index is 12.1. The van der Waals surface area contributed by atoms with Crippen molar-refractivity contribution in [3.05, 3.63) is 59.4 Å². The number of anilines is 1. The molecule has 0 saturated carbocycles. The van der Waals surface area contributed by atoms with E-state index < -0.39 is 6.09 Å². The van der Waals surface area contributed by atoms with Gasteiger partial charge in [0.1, 0.15) is 11.9 Å². The number of fused-ring (bicyclic) bond motifs is 1. The van der Waals surface area contributed by atoms with Crippen LogP contribution in [0.2, 0.25) is 0 Å². The Hall–Kier alpha value is -2.82. The molecule has 3 rings (SSSR count). The van der Waals surface area contributed by atoms with Crippen LogP contribution < -0.4 is 5.32 Å². The topological polar surface area (TPSA) is 56.1 Å². The molecule has 0 saturated heterocycles. The zero-order valence-electron chi connectivity index (χ0n) is 15.0. The number of para-hydroxylation sites is 2. The number of aryl methyl sites for hydroxylation is 3. The predicted octanol–water partition coefficient (Wildman–Crippen LogP) is 4.37. The highest BCUT2D eigenvalue weighted by atomic mass is 16.6. The highest BCUT2D eigenvalue weighted by Crippen LogP contribution is 2.18. The Labute approximate surface area is 147 Å². The van der Waals surface area contributed by atoms with Crippen molar-refractivity contribution in [2.24, 2.45) is 7.05 Å². The van der Waals surface area contributed by atoms with Gasteiger partial charge in [-0.3, -0.25) is 5.32 Å². The van der Waals surface area contributed by atoms with E-state index in [4.69, 9.17) is 4.74 Å². The normalized spacial score (nSPS) is 12.2. The maximum absolute atomic E-state index is 12.1. The molecule has 2 aromatic carbocycles. The Bertz CT molecular complexity index is 914. The Morgan fingerprint density at radius 1 is 1.24 bits per heavy atom. The van der Waals surface area contributed by atoms with Crippen molar-refractivity contribution in [2.75, 3.05) is 5.32 Å². The van der Waals surface area contributed by atoms with Gasteiger partial charge >= 0.3 is 6.09 Å². The minimum absolute atomic E-state index is 0.277. The minimum Gasteiger partial charge on any atom is -0.446 e. The molecule has 0 bridgehead atoms. The van der Waals surface area contributed by atoms with E-state index in [0.717, 1.165) is 33.7 Å². The molecule has 1 aromatic heterocycles. The first-order chi connectivity index (χ1) is 11.9. The lowest BCUT2D eigenvalue weighted by Crippen LogP contribution is -2.23. The average Bonchev–Trinajstić information content (AvgIpc) is 2.86. The van der Waals surface area contributed by atoms with Crippen molar-refractivity contribution in [2.45, 2.75) is 33.3 Å². The second-order valence-corrected chi connectivity index (χ2v) is 6.44. The summed E-state index contributed by atoms with van der Waals surface area (Å²) in [6.07, 6.45) is -0.162. The molecule has 1 heterocycles. The summed E-state index contributed by atoms with van der Waals surface area (Å²) < 4.78 is 7.53. The summed E-state index contributed by atoms with van der Waals surface area (Å²) in [5.41, 5.74) is 4.97. The number of carbonyl (C=O) groups excluding carboxylic acids is 1. The van der Waals surface area contributed by atoms with Crippen LogP contribution in [-0.4, -0.2) is 21.7 Å². The Balaban J connectivity index is 1.64. The lowest BCUT2D eigenvalue weighted by Gasteiger charge is -2.15. The molecule has 3 aromatic rings. The van der Waals surface area contributed by atoms with Crippen LogP contribution in [0.3, 0.4) is 0 Å². The molecule has 1 amide bonds. The van der Waals surface area contributed by atoms with E-state index in [1.807, 2.05) is 74.9 Å². The minimum atomic E-state index is -0.446. The number of nitrogens with one attached hydrogen (secondary N) is 1. The molecule has 25 heavy (non-hydrogen) atoms. The van der Waals surface area contributed by atoms with E-state index in [-0.39, 0.29) is 6.10 Å². The zero-order valence-corrected chi connectivity index (χ0v) is 15.0. The first-order valence-corrected chi connectivity index (χ1v) is 8.39. The first kappa shape index (κ1) is 17.0. The van der Waals surface area contributed by atoms with Crippen molar-refractivity contribution in [1.29, 1.82) is 0 Å². The summed E-state index contributed by atoms with van der Waals surface area (Å²) in [4.78, 5) is 16.8. The lowest BCUT2D eigenvalue weighted by atomic mass is 10.1. The third kappa shape index (κ3) is 3.82. The van der Waals surface area contributed by atoms with Crippen LogP contribution in [0.5, 0.6) is 0 Å². The second-order valence-electron chi connectivity index (χ2n) is 6.44. The molecular formula is C20H23N3O2. The standard InChI is InChI=1S/C20H23N3O2/c1-13-9-10-16(14(2)11-13)22-20(24)25-15(3)12-19-21-17-7-5-6-8-18(17)23(19)4/h5-11,15H,12H2,1-4H3,(H,22,24). The SMILES string of the molecule is Cc1ccc(NC(=O)OC(C)Cc2nc3ccccc3n2C)c(C)c1. The molecular weight excluding hydrogens is 314 g/mol. The van der Waals surface area contributed by atoms with Crippen LogP contribution in [0.15, 0.2) is 42.5 Å². The molecule has 5 heteroatoms. The number of ether oxygens (including phenoxy) is 1. The summed E-state index contributed by atoms with van der Waals surface area (Å²) in [6.45, 7) is 5.86. The van der Waals surface area contributed by atoms with Crippen molar-refractivity contribution < 1.29 is 9.53 Å². The van der Waals surface area contributed by atoms with Crippen LogP contribution in [0.4, 0.5) is 10.5 Å². The number of rotatable bonds is 4. The zero-order chi connectivity index (χ0) is 18.0. The van der Waals surface area contributed by atoms with Crippen molar-refractivity contribution in [3.8, 4) is 0 Å². The molecule has 1 unspecified atom stereocenters. The third-order valence-electron chi connectivity index (χ3n) is 4.28. The number of amides is 1. The summed E-state index contributed by atoms with van der Waals surface area (Å²) >= 11 is 0. The number of carbonyl (C=O) groups is 1. The summed E-state index contributed by atoms with van der Waals surface area (Å²) in [7, 11) is 1.98. The molecule has 0 spiro atoms. The van der Waals surface area contributed by atoms with Gasteiger partial charge in [0.2, 0.25) is 0 Å². The van der Waals surface area contributed by atoms with Gasteiger partial charge in [0.15, 0.2) is 0 Å². The predicted molar refractivity (Wildman–Crippen MR) is 99.9 cm³/mol. The van der Waals surface area contributed by atoms with Gasteiger partial charge < -0.3 is 9.30 Å². The highest BCUT2D eigenvalue weighted by Gasteiger charge is 2.15. The van der Waals surface area contributed by atoms with Gasteiger partial charge in [-0.15, -0.1) is 0 Å². The Kier molecular flexibility index (Phi) is 4.74. The van der Waals surface area contributed by atoms with E-state index in [0.29, 0.717) is 6.42 Å². The lowest BCUT2D eigenvalue weighted by molar-refractivity contribution is 0.119. The van der Waals surface area contributed by atoms with E-state index in [2.05, 4.69) is 10.3 Å². The van der Waals surface area contributed by atoms with Crippen LogP contribution in [-0.2, 0) is 18.2 Å². The smallest absolute Gasteiger partial charge is 0.411 e.